The van der Waals surface area contributed by atoms with E-state index in [2.05, 4.69) is 0 Å². The maximum Gasteiger partial charge on any atom is 0.174 e. The number of carbonyl (C=O) groups excluding carboxylic acids is 2. The van der Waals surface area contributed by atoms with Crippen LogP contribution in [0.4, 0.5) is 0 Å². The van der Waals surface area contributed by atoms with Crippen molar-refractivity contribution in [3.8, 4) is 11.5 Å². The predicted molar refractivity (Wildman–Crippen MR) is 77.6 cm³/mol. The van der Waals surface area contributed by atoms with Gasteiger partial charge in [0.05, 0.1) is 25.2 Å². The molecule has 0 N–H and O–H groups in total. The molecule has 0 aromatic heterocycles. The van der Waals surface area contributed by atoms with Crippen molar-refractivity contribution in [2.24, 2.45) is 0 Å². The predicted octanol–water partition coefficient (Wildman–Crippen LogP) is 3.43. The van der Waals surface area contributed by atoms with E-state index in [0.717, 1.165) is 6.42 Å². The highest BCUT2D eigenvalue weighted by molar-refractivity contribution is 6.09. The summed E-state index contributed by atoms with van der Waals surface area (Å²) in [6, 6.07) is 5.13. The Bertz CT molecular complexity index is 466. The van der Waals surface area contributed by atoms with Crippen LogP contribution in [0, 0.1) is 0 Å². The molecule has 0 aliphatic rings. The van der Waals surface area contributed by atoms with Crippen LogP contribution in [0.15, 0.2) is 18.2 Å². The third kappa shape index (κ3) is 4.68. The maximum absolute atomic E-state index is 12.2. The molecule has 0 spiro atoms. The number of Topliss-reactive ketones (excluding diaryl/α,β-unsaturated/α-hetero) is 2. The van der Waals surface area contributed by atoms with Gasteiger partial charge in [0.15, 0.2) is 5.78 Å². The van der Waals surface area contributed by atoms with E-state index in [-0.39, 0.29) is 18.0 Å². The van der Waals surface area contributed by atoms with Crippen LogP contribution in [0.1, 0.15) is 50.4 Å². The first-order valence-electron chi connectivity index (χ1n) is 7.06. The van der Waals surface area contributed by atoms with Crippen LogP contribution < -0.4 is 9.47 Å². The van der Waals surface area contributed by atoms with E-state index in [9.17, 15) is 9.59 Å². The molecule has 1 aromatic carbocycles. The molecule has 0 heterocycles. The lowest BCUT2D eigenvalue weighted by Crippen LogP contribution is -2.10. The van der Waals surface area contributed by atoms with Gasteiger partial charge in [0, 0.05) is 6.42 Å². The number of ether oxygens (including phenoxy) is 2. The zero-order chi connectivity index (χ0) is 15.0. The molecule has 0 aliphatic carbocycles. The van der Waals surface area contributed by atoms with Crippen molar-refractivity contribution in [3.05, 3.63) is 23.8 Å². The lowest BCUT2D eigenvalue weighted by Gasteiger charge is -2.11. The van der Waals surface area contributed by atoms with E-state index in [4.69, 9.17) is 9.47 Å². The van der Waals surface area contributed by atoms with Gasteiger partial charge in [-0.25, -0.2) is 0 Å². The Morgan fingerprint density at radius 3 is 2.35 bits per heavy atom. The molecule has 1 aromatic rings. The molecule has 20 heavy (non-hydrogen) atoms. The van der Waals surface area contributed by atoms with Crippen molar-refractivity contribution < 1.29 is 19.1 Å². The molecular formula is C16H22O4. The van der Waals surface area contributed by atoms with Crippen LogP contribution in [-0.2, 0) is 4.79 Å². The average molecular weight is 278 g/mol. The van der Waals surface area contributed by atoms with Gasteiger partial charge in [-0.3, -0.25) is 9.59 Å². The summed E-state index contributed by atoms with van der Waals surface area (Å²) >= 11 is 0. The molecule has 110 valence electrons. The molecule has 0 atom stereocenters. The van der Waals surface area contributed by atoms with Gasteiger partial charge in [-0.05, 0) is 38.5 Å². The van der Waals surface area contributed by atoms with Gasteiger partial charge in [0.1, 0.15) is 17.3 Å². The second-order valence-electron chi connectivity index (χ2n) is 4.41. The first-order chi connectivity index (χ1) is 9.62. The number of hydrogen-bond donors (Lipinski definition) is 0. The van der Waals surface area contributed by atoms with Gasteiger partial charge in [0.2, 0.25) is 0 Å². The molecule has 4 heteroatoms. The first-order valence-corrected chi connectivity index (χ1v) is 7.06. The second-order valence-corrected chi connectivity index (χ2v) is 4.41. The van der Waals surface area contributed by atoms with Crippen molar-refractivity contribution in [1.29, 1.82) is 0 Å². The smallest absolute Gasteiger partial charge is 0.174 e. The highest BCUT2D eigenvalue weighted by Crippen LogP contribution is 2.26. The van der Waals surface area contributed by atoms with Crippen molar-refractivity contribution in [2.45, 2.75) is 40.0 Å². The highest BCUT2D eigenvalue weighted by Gasteiger charge is 2.17. The van der Waals surface area contributed by atoms with Crippen molar-refractivity contribution in [2.75, 3.05) is 13.2 Å². The molecule has 0 unspecified atom stereocenters. The number of ketones is 2. The van der Waals surface area contributed by atoms with Crippen LogP contribution in [0.2, 0.25) is 0 Å². The third-order valence-corrected chi connectivity index (χ3v) is 2.75. The summed E-state index contributed by atoms with van der Waals surface area (Å²) in [5, 5.41) is 0. The van der Waals surface area contributed by atoms with Crippen LogP contribution in [0.3, 0.4) is 0 Å². The molecule has 4 nitrogen and oxygen atoms in total. The van der Waals surface area contributed by atoms with Gasteiger partial charge in [-0.1, -0.05) is 6.92 Å². The van der Waals surface area contributed by atoms with Gasteiger partial charge in [-0.15, -0.1) is 0 Å². The zero-order valence-corrected chi connectivity index (χ0v) is 12.4. The van der Waals surface area contributed by atoms with Gasteiger partial charge in [-0.2, -0.15) is 0 Å². The van der Waals surface area contributed by atoms with Crippen LogP contribution in [0.25, 0.3) is 0 Å². The Balaban J connectivity index is 2.95. The van der Waals surface area contributed by atoms with E-state index in [1.54, 1.807) is 18.2 Å². The van der Waals surface area contributed by atoms with Crippen molar-refractivity contribution in [3.63, 3.8) is 0 Å². The standard InChI is InChI=1S/C16H22O4/c1-4-7-12(17)10-15(18)14-11-13(19-5-2)8-9-16(14)20-6-3/h8-9,11H,4-7,10H2,1-3H3. The minimum absolute atomic E-state index is 0.0400. The lowest BCUT2D eigenvalue weighted by molar-refractivity contribution is -0.118. The van der Waals surface area contributed by atoms with E-state index in [0.29, 0.717) is 36.7 Å². The SMILES string of the molecule is CCCC(=O)CC(=O)c1cc(OCC)ccc1OCC. The highest BCUT2D eigenvalue weighted by atomic mass is 16.5. The van der Waals surface area contributed by atoms with Crippen molar-refractivity contribution in [1.82, 2.24) is 0 Å². The Morgan fingerprint density at radius 2 is 1.75 bits per heavy atom. The normalized spacial score (nSPS) is 10.2. The van der Waals surface area contributed by atoms with Crippen LogP contribution in [-0.4, -0.2) is 24.8 Å². The molecule has 0 aliphatic heterocycles. The molecule has 1 rings (SSSR count). The minimum atomic E-state index is -0.214. The number of carbonyl (C=O) groups is 2. The van der Waals surface area contributed by atoms with E-state index < -0.39 is 0 Å². The van der Waals surface area contributed by atoms with Gasteiger partial charge in [0.25, 0.3) is 0 Å². The minimum Gasteiger partial charge on any atom is -0.494 e. The molecule has 0 fully saturated rings. The summed E-state index contributed by atoms with van der Waals surface area (Å²) in [7, 11) is 0. The Labute approximate surface area is 120 Å². The Kier molecular flexibility index (Phi) is 6.77. The van der Waals surface area contributed by atoms with Gasteiger partial charge < -0.3 is 9.47 Å². The summed E-state index contributed by atoms with van der Waals surface area (Å²) in [6.07, 6.45) is 1.10. The Morgan fingerprint density at radius 1 is 1.05 bits per heavy atom. The second kappa shape index (κ2) is 8.35. The Hall–Kier alpha value is -1.84. The van der Waals surface area contributed by atoms with E-state index >= 15 is 0 Å². The van der Waals surface area contributed by atoms with Crippen molar-refractivity contribution >= 4 is 11.6 Å². The van der Waals surface area contributed by atoms with Gasteiger partial charge >= 0.3 is 0 Å². The van der Waals surface area contributed by atoms with E-state index in [1.807, 2.05) is 20.8 Å². The molecular weight excluding hydrogens is 256 g/mol. The molecule has 0 amide bonds. The number of benzene rings is 1. The molecule has 0 saturated carbocycles. The average Bonchev–Trinajstić information content (AvgIpc) is 2.41. The molecule has 0 radical (unpaired) electrons. The monoisotopic (exact) mass is 278 g/mol. The fraction of sp³-hybridized carbons (Fsp3) is 0.500. The topological polar surface area (TPSA) is 52.6 Å². The fourth-order valence-electron chi connectivity index (χ4n) is 1.91. The fourth-order valence-corrected chi connectivity index (χ4v) is 1.91. The van der Waals surface area contributed by atoms with Crippen LogP contribution in [0.5, 0.6) is 11.5 Å². The van der Waals surface area contributed by atoms with Crippen LogP contribution >= 0.6 is 0 Å². The third-order valence-electron chi connectivity index (χ3n) is 2.75. The number of rotatable bonds is 9. The largest absolute Gasteiger partial charge is 0.494 e. The van der Waals surface area contributed by atoms with E-state index in [1.165, 1.54) is 0 Å². The summed E-state index contributed by atoms with van der Waals surface area (Å²) in [5.41, 5.74) is 0.419. The quantitative estimate of drug-likeness (QED) is 0.513. The molecule has 0 bridgehead atoms. The number of hydrogen-bond acceptors (Lipinski definition) is 4. The summed E-state index contributed by atoms with van der Waals surface area (Å²) in [4.78, 5) is 23.8. The molecule has 0 saturated heterocycles. The lowest BCUT2D eigenvalue weighted by atomic mass is 10.0. The maximum atomic E-state index is 12.2. The summed E-state index contributed by atoms with van der Waals surface area (Å²) in [5.74, 6) is 0.864. The first kappa shape index (κ1) is 16.2. The zero-order valence-electron chi connectivity index (χ0n) is 12.4. The summed E-state index contributed by atoms with van der Waals surface area (Å²) < 4.78 is 10.8. The summed E-state index contributed by atoms with van der Waals surface area (Å²) in [6.45, 7) is 6.65.